The van der Waals surface area contributed by atoms with Crippen molar-refractivity contribution in [2.45, 2.75) is 127 Å². The average Bonchev–Trinajstić information content (AvgIpc) is 3.73. The molecule has 3 amide bonds. The van der Waals surface area contributed by atoms with Crippen molar-refractivity contribution in [3.63, 3.8) is 0 Å². The largest absolute Gasteiger partial charge is 0.507 e. The monoisotopic (exact) mass is 846 g/mol. The Bertz CT molecular complexity index is 2020. The smallest absolute Gasteiger partial charge is 0.336 e. The predicted octanol–water partition coefficient (Wildman–Crippen LogP) is 2.40. The Morgan fingerprint density at radius 3 is 2.43 bits per heavy atom. The number of nitrogens with one attached hydrogen (secondary N) is 3. The molecular formula is C44H58N6O11. The van der Waals surface area contributed by atoms with Crippen LogP contribution in [0.3, 0.4) is 0 Å². The number of aryl methyl sites for hydroxylation is 2. The van der Waals surface area contributed by atoms with Crippen LogP contribution in [0.2, 0.25) is 0 Å². The van der Waals surface area contributed by atoms with Gasteiger partial charge in [0.05, 0.1) is 23.9 Å². The molecule has 1 saturated carbocycles. The zero-order chi connectivity index (χ0) is 43.7. The number of aliphatic hydroxyl groups excluding tert-OH is 3. The van der Waals surface area contributed by atoms with Gasteiger partial charge in [-0.05, 0) is 80.0 Å². The van der Waals surface area contributed by atoms with Crippen LogP contribution in [0.5, 0.6) is 5.75 Å². The van der Waals surface area contributed by atoms with Gasteiger partial charge in [0.15, 0.2) is 5.60 Å². The second-order valence-electron chi connectivity index (χ2n) is 16.6. The zero-order valence-corrected chi connectivity index (χ0v) is 34.7. The maximum Gasteiger partial charge on any atom is 0.336 e. The van der Waals surface area contributed by atoms with Crippen molar-refractivity contribution < 1.29 is 54.2 Å². The fraction of sp³-hybridized carbons (Fsp3) is 0.545. The first-order valence-electron chi connectivity index (χ1n) is 21.1. The Hall–Kier alpha value is -5.20. The zero-order valence-electron chi connectivity index (χ0n) is 34.7. The molecule has 3 aromatic rings. The molecule has 17 nitrogen and oxygen atoms in total. The van der Waals surface area contributed by atoms with E-state index in [0.717, 1.165) is 43.4 Å². The lowest BCUT2D eigenvalue weighted by atomic mass is 9.81. The lowest BCUT2D eigenvalue weighted by molar-refractivity contribution is -0.226. The maximum absolute atomic E-state index is 13.5. The molecule has 6 atom stereocenters. The van der Waals surface area contributed by atoms with Crippen molar-refractivity contribution in [2.75, 3.05) is 19.8 Å². The van der Waals surface area contributed by atoms with E-state index in [-0.39, 0.29) is 42.0 Å². The molecule has 17 heteroatoms. The molecule has 2 aliphatic heterocycles. The van der Waals surface area contributed by atoms with Crippen molar-refractivity contribution in [1.29, 1.82) is 0 Å². The van der Waals surface area contributed by atoms with Crippen LogP contribution in [0.4, 0.5) is 0 Å². The summed E-state index contributed by atoms with van der Waals surface area (Å²) in [7, 11) is 0. The molecule has 2 saturated heterocycles. The Balaban J connectivity index is 1.16. The molecule has 1 aliphatic carbocycles. The van der Waals surface area contributed by atoms with Crippen molar-refractivity contribution in [2.24, 2.45) is 5.92 Å². The Morgan fingerprint density at radius 1 is 1.00 bits per heavy atom. The van der Waals surface area contributed by atoms with Gasteiger partial charge in [0.2, 0.25) is 11.8 Å². The quantitative estimate of drug-likeness (QED) is 0.103. The fourth-order valence-electron chi connectivity index (χ4n) is 8.45. The van der Waals surface area contributed by atoms with Crippen LogP contribution in [0, 0.1) is 19.8 Å². The second kappa shape index (κ2) is 20.6. The minimum Gasteiger partial charge on any atom is -0.507 e. The third kappa shape index (κ3) is 11.6. The van der Waals surface area contributed by atoms with Crippen LogP contribution < -0.4 is 16.0 Å². The van der Waals surface area contributed by atoms with Gasteiger partial charge in [-0.25, -0.2) is 9.48 Å². The summed E-state index contributed by atoms with van der Waals surface area (Å²) in [6.45, 7) is 3.87. The third-order valence-corrected chi connectivity index (χ3v) is 12.0. The molecule has 6 rings (SSSR count). The number of hydrogen-bond acceptors (Lipinski definition) is 12. The van der Waals surface area contributed by atoms with E-state index in [1.165, 1.54) is 16.8 Å². The number of carbonyl (C=O) groups excluding carboxylic acids is 3. The number of aliphatic carboxylic acids is 1. The van der Waals surface area contributed by atoms with Crippen LogP contribution >= 0.6 is 0 Å². The Morgan fingerprint density at radius 2 is 1.72 bits per heavy atom. The molecule has 0 unspecified atom stereocenters. The highest BCUT2D eigenvalue weighted by Crippen LogP contribution is 2.36. The molecule has 0 bridgehead atoms. The molecule has 3 aliphatic rings. The SMILES string of the molecule is Cc1cc(C(=O)NC[C@@H](O)[C@@H](O)[C@@H]2O[C@@](C/C=C/c3cccc(CNC(=O)C4CCOCC4)c3)(C(=O)O)C[C@H](O)[C@H]2NC(=O)Cn2cc(C3CCCCC3)nn2)cc(C)c1O. The standard InChI is InChI=1S/C44H58N6O11/c1-26-18-32(19-27(2)38(26)54)42(57)46-23-35(52)39(55)40-37(47-36(53)25-50-24-33(48-49-50)30-11-4-3-5-12-30)34(51)21-44(61-40,43(58)59)15-7-10-28-8-6-9-29(20-28)22-45-41(56)31-13-16-60-17-14-31/h6-10,18-20,24,30-31,34-35,37,39-40,51-52,54-55H,3-5,11-17,21-23,25H2,1-2H3,(H,45,56)(H,46,57)(H,47,53)(H,58,59)/b10-7+/t34-,35+,37+,39+,40+,44+/m0/s1. The summed E-state index contributed by atoms with van der Waals surface area (Å²) in [4.78, 5) is 52.2. The average molecular weight is 847 g/mol. The fourth-order valence-corrected chi connectivity index (χ4v) is 8.45. The number of rotatable bonds is 16. The van der Waals surface area contributed by atoms with E-state index < -0.39 is 66.8 Å². The Labute approximate surface area is 354 Å². The van der Waals surface area contributed by atoms with Crippen LogP contribution in [-0.4, -0.2) is 120 Å². The summed E-state index contributed by atoms with van der Waals surface area (Å²) in [6.07, 6.45) is 3.94. The maximum atomic E-state index is 13.5. The molecule has 8 N–H and O–H groups in total. The van der Waals surface area contributed by atoms with Crippen LogP contribution in [-0.2, 0) is 36.9 Å². The van der Waals surface area contributed by atoms with Crippen molar-refractivity contribution in [3.05, 3.63) is 82.2 Å². The molecule has 61 heavy (non-hydrogen) atoms. The molecule has 0 spiro atoms. The summed E-state index contributed by atoms with van der Waals surface area (Å²) in [5, 5.41) is 71.8. The van der Waals surface area contributed by atoms with Crippen LogP contribution in [0.25, 0.3) is 6.08 Å². The molecule has 0 radical (unpaired) electrons. The Kier molecular flexibility index (Phi) is 15.3. The van der Waals surface area contributed by atoms with Gasteiger partial charge in [-0.2, -0.15) is 0 Å². The number of amides is 3. The van der Waals surface area contributed by atoms with E-state index in [4.69, 9.17) is 9.47 Å². The van der Waals surface area contributed by atoms with Crippen LogP contribution in [0.1, 0.15) is 102 Å². The number of carboxylic acids is 1. The van der Waals surface area contributed by atoms with Gasteiger partial charge in [-0.15, -0.1) is 5.10 Å². The highest BCUT2D eigenvalue weighted by Gasteiger charge is 2.54. The van der Waals surface area contributed by atoms with Gasteiger partial charge in [-0.1, -0.05) is 54.8 Å². The second-order valence-corrected chi connectivity index (χ2v) is 16.6. The number of carboxylic acid groups (broad SMARTS) is 1. The van der Waals surface area contributed by atoms with Gasteiger partial charge >= 0.3 is 5.97 Å². The van der Waals surface area contributed by atoms with E-state index in [1.807, 2.05) is 18.2 Å². The summed E-state index contributed by atoms with van der Waals surface area (Å²) in [5.74, 6) is -2.53. The van der Waals surface area contributed by atoms with Gasteiger partial charge < -0.3 is 51.0 Å². The predicted molar refractivity (Wildman–Crippen MR) is 221 cm³/mol. The highest BCUT2D eigenvalue weighted by molar-refractivity contribution is 5.95. The summed E-state index contributed by atoms with van der Waals surface area (Å²) >= 11 is 0. The molecule has 330 valence electrons. The first-order chi connectivity index (χ1) is 29.2. The van der Waals surface area contributed by atoms with E-state index in [2.05, 4.69) is 26.3 Å². The number of hydrogen-bond donors (Lipinski definition) is 8. The summed E-state index contributed by atoms with van der Waals surface area (Å²) in [6, 6.07) is 8.88. The van der Waals surface area contributed by atoms with Crippen LogP contribution in [0.15, 0.2) is 48.7 Å². The van der Waals surface area contributed by atoms with Gasteiger partial charge in [0.1, 0.15) is 24.5 Å². The first kappa shape index (κ1) is 45.3. The van der Waals surface area contributed by atoms with E-state index in [0.29, 0.717) is 49.3 Å². The van der Waals surface area contributed by atoms with E-state index in [1.54, 1.807) is 38.3 Å². The van der Waals surface area contributed by atoms with Gasteiger partial charge in [0.25, 0.3) is 5.91 Å². The number of phenols is 1. The van der Waals surface area contributed by atoms with Crippen molar-refractivity contribution in [3.8, 4) is 5.75 Å². The van der Waals surface area contributed by atoms with Crippen molar-refractivity contribution in [1.82, 2.24) is 30.9 Å². The number of benzene rings is 2. The third-order valence-electron chi connectivity index (χ3n) is 12.0. The molecule has 3 fully saturated rings. The summed E-state index contributed by atoms with van der Waals surface area (Å²) < 4.78 is 12.9. The highest BCUT2D eigenvalue weighted by atomic mass is 16.6. The van der Waals surface area contributed by atoms with Gasteiger partial charge in [-0.3, -0.25) is 14.4 Å². The topological polar surface area (TPSA) is 255 Å². The number of aromatic nitrogens is 3. The number of ether oxygens (including phenoxy) is 2. The minimum absolute atomic E-state index is 0.0379. The number of phenolic OH excluding ortho intramolecular Hbond substituents is 1. The number of nitrogens with zero attached hydrogens (tertiary/aromatic N) is 3. The van der Waals surface area contributed by atoms with E-state index >= 15 is 0 Å². The summed E-state index contributed by atoms with van der Waals surface area (Å²) in [5.41, 5.74) is 1.34. The lowest BCUT2D eigenvalue weighted by Crippen LogP contribution is -2.67. The van der Waals surface area contributed by atoms with Gasteiger partial charge in [0, 0.05) is 62.7 Å². The minimum atomic E-state index is -2.11. The molecule has 3 heterocycles. The normalized spacial score (nSPS) is 23.6. The molecular weight excluding hydrogens is 789 g/mol. The first-order valence-corrected chi connectivity index (χ1v) is 21.1. The number of carbonyl (C=O) groups is 4. The van der Waals surface area contributed by atoms with Crippen molar-refractivity contribution >= 4 is 29.8 Å². The molecule has 1 aromatic heterocycles. The number of aliphatic hydroxyl groups is 3. The number of aromatic hydroxyl groups is 1. The molecule has 2 aromatic carbocycles. The lowest BCUT2D eigenvalue weighted by Gasteiger charge is -2.47. The van der Waals surface area contributed by atoms with E-state index in [9.17, 15) is 44.7 Å².